The summed E-state index contributed by atoms with van der Waals surface area (Å²) in [6.07, 6.45) is 1.97. The van der Waals surface area contributed by atoms with Crippen LogP contribution in [0.1, 0.15) is 45.4 Å². The number of hydrogen-bond donors (Lipinski definition) is 0. The van der Waals surface area contributed by atoms with Crippen molar-refractivity contribution in [2.75, 3.05) is 13.7 Å². The van der Waals surface area contributed by atoms with Gasteiger partial charge in [-0.1, -0.05) is 43.6 Å². The van der Waals surface area contributed by atoms with Gasteiger partial charge in [0.15, 0.2) is 0 Å². The van der Waals surface area contributed by atoms with Gasteiger partial charge in [0.1, 0.15) is 0 Å². The summed E-state index contributed by atoms with van der Waals surface area (Å²) in [5.74, 6) is 0.0136. The minimum Gasteiger partial charge on any atom is -0.383 e. The Morgan fingerprint density at radius 3 is 2.48 bits per heavy atom. The molecule has 1 heterocycles. The number of benzene rings is 1. The van der Waals surface area contributed by atoms with E-state index >= 15 is 0 Å². The molecule has 0 fully saturated rings. The van der Waals surface area contributed by atoms with E-state index in [1.807, 2.05) is 27.7 Å². The van der Waals surface area contributed by atoms with Crippen molar-refractivity contribution < 1.29 is 17.9 Å². The smallest absolute Gasteiger partial charge is 0.228 e. The molecule has 0 radical (unpaired) electrons. The average molecular weight is 470 g/mol. The maximum absolute atomic E-state index is 13.2. The molecular weight excluding hydrogens is 438 g/mol. The Morgan fingerprint density at radius 1 is 1.23 bits per heavy atom. The van der Waals surface area contributed by atoms with E-state index in [9.17, 15) is 13.2 Å². The number of carbonyl (C=O) groups is 1. The molecule has 1 aromatic carbocycles. The van der Waals surface area contributed by atoms with E-state index in [1.54, 1.807) is 40.8 Å². The maximum atomic E-state index is 13.2. The molecule has 0 bridgehead atoms. The van der Waals surface area contributed by atoms with Gasteiger partial charge >= 0.3 is 0 Å². The van der Waals surface area contributed by atoms with Gasteiger partial charge in [-0.05, 0) is 31.4 Å². The summed E-state index contributed by atoms with van der Waals surface area (Å²) >= 11 is 6.17. The van der Waals surface area contributed by atoms with Crippen molar-refractivity contribution in [3.8, 4) is 0 Å². The first-order chi connectivity index (χ1) is 14.6. The largest absolute Gasteiger partial charge is 0.383 e. The van der Waals surface area contributed by atoms with Crippen LogP contribution in [0.4, 0.5) is 0 Å². The second-order valence-electron chi connectivity index (χ2n) is 8.24. The van der Waals surface area contributed by atoms with E-state index < -0.39 is 9.84 Å². The van der Waals surface area contributed by atoms with Crippen molar-refractivity contribution in [2.24, 2.45) is 5.92 Å². The van der Waals surface area contributed by atoms with Crippen molar-refractivity contribution in [1.29, 1.82) is 0 Å². The van der Waals surface area contributed by atoms with Crippen LogP contribution >= 0.6 is 11.6 Å². The normalized spacial score (nSPS) is 12.0. The molecule has 2 aromatic rings. The number of rotatable bonds is 11. The molecule has 0 unspecified atom stereocenters. The predicted octanol–water partition coefficient (Wildman–Crippen LogP) is 3.94. The van der Waals surface area contributed by atoms with Gasteiger partial charge in [0.2, 0.25) is 20.9 Å². The molecule has 0 aliphatic carbocycles. The van der Waals surface area contributed by atoms with Gasteiger partial charge in [-0.3, -0.25) is 4.79 Å². The van der Waals surface area contributed by atoms with E-state index in [2.05, 4.69) is 4.98 Å². The Bertz CT molecular complexity index is 986. The van der Waals surface area contributed by atoms with Crippen molar-refractivity contribution in [3.05, 3.63) is 46.7 Å². The first kappa shape index (κ1) is 25.4. The van der Waals surface area contributed by atoms with Crippen LogP contribution in [0.25, 0.3) is 0 Å². The van der Waals surface area contributed by atoms with Gasteiger partial charge in [-0.2, -0.15) is 0 Å². The number of amides is 1. The second-order valence-corrected chi connectivity index (χ2v) is 10.5. The summed E-state index contributed by atoms with van der Waals surface area (Å²) < 4.78 is 33.2. The molecule has 0 atom stereocenters. The highest BCUT2D eigenvalue weighted by molar-refractivity contribution is 7.90. The quantitative estimate of drug-likeness (QED) is 0.497. The molecule has 2 rings (SSSR count). The lowest BCUT2D eigenvalue weighted by Crippen LogP contribution is -2.37. The third kappa shape index (κ3) is 6.79. The van der Waals surface area contributed by atoms with Gasteiger partial charge in [0.25, 0.3) is 0 Å². The van der Waals surface area contributed by atoms with Crippen LogP contribution in [-0.2, 0) is 38.2 Å². The molecule has 0 spiro atoms. The molecule has 0 saturated carbocycles. The zero-order chi connectivity index (χ0) is 23.2. The lowest BCUT2D eigenvalue weighted by Gasteiger charge is -2.28. The van der Waals surface area contributed by atoms with Crippen molar-refractivity contribution in [2.45, 2.75) is 64.2 Å². The second kappa shape index (κ2) is 11.1. The fraction of sp³-hybridized carbons (Fsp3) is 0.545. The zero-order valence-corrected chi connectivity index (χ0v) is 20.4. The fourth-order valence-electron chi connectivity index (χ4n) is 3.27. The molecule has 0 saturated heterocycles. The zero-order valence-electron chi connectivity index (χ0n) is 18.8. The number of carbonyl (C=O) groups excluding carboxylic acids is 1. The highest BCUT2D eigenvalue weighted by Gasteiger charge is 2.27. The highest BCUT2D eigenvalue weighted by atomic mass is 35.5. The van der Waals surface area contributed by atoms with E-state index in [0.717, 1.165) is 0 Å². The van der Waals surface area contributed by atoms with Crippen molar-refractivity contribution in [1.82, 2.24) is 14.5 Å². The lowest BCUT2D eigenvalue weighted by atomic mass is 10.1. The Morgan fingerprint density at radius 2 is 1.90 bits per heavy atom. The van der Waals surface area contributed by atoms with E-state index in [-0.39, 0.29) is 35.3 Å². The SMILES string of the molecule is COCCn1c(CN(C(=O)CC(C)C)C(C)C)cnc1S(=O)(=O)Cc1ccccc1Cl. The topological polar surface area (TPSA) is 81.5 Å². The monoisotopic (exact) mass is 469 g/mol. The molecule has 1 aromatic heterocycles. The standard InChI is InChI=1S/C22H32ClN3O4S/c1-16(2)12-21(27)26(17(3)4)14-19-13-24-22(25(19)10-11-30-5)31(28,29)15-18-8-6-7-9-20(18)23/h6-9,13,16-17H,10-12,14-15H2,1-5H3. The number of methoxy groups -OCH3 is 1. The summed E-state index contributed by atoms with van der Waals surface area (Å²) in [4.78, 5) is 18.7. The van der Waals surface area contributed by atoms with Crippen LogP contribution in [0.15, 0.2) is 35.6 Å². The molecule has 1 amide bonds. The lowest BCUT2D eigenvalue weighted by molar-refractivity contribution is -0.134. The molecule has 7 nitrogen and oxygen atoms in total. The summed E-state index contributed by atoms with van der Waals surface area (Å²) in [6, 6.07) is 6.83. The van der Waals surface area contributed by atoms with Crippen LogP contribution in [0.5, 0.6) is 0 Å². The van der Waals surface area contributed by atoms with Gasteiger partial charge in [0, 0.05) is 31.1 Å². The Kier molecular flexibility index (Phi) is 9.09. The fourth-order valence-corrected chi connectivity index (χ4v) is 5.10. The van der Waals surface area contributed by atoms with E-state index in [4.69, 9.17) is 16.3 Å². The maximum Gasteiger partial charge on any atom is 0.228 e. The van der Waals surface area contributed by atoms with Crippen LogP contribution < -0.4 is 0 Å². The molecule has 31 heavy (non-hydrogen) atoms. The number of nitrogens with zero attached hydrogens (tertiary/aromatic N) is 3. The van der Waals surface area contributed by atoms with Gasteiger partial charge in [-0.15, -0.1) is 0 Å². The van der Waals surface area contributed by atoms with Gasteiger partial charge < -0.3 is 14.2 Å². The molecule has 0 N–H and O–H groups in total. The Hall–Kier alpha value is -1.90. The first-order valence-corrected chi connectivity index (χ1v) is 12.4. The summed E-state index contributed by atoms with van der Waals surface area (Å²) in [7, 11) is -2.21. The number of aromatic nitrogens is 2. The number of ether oxygens (including phenoxy) is 1. The number of hydrogen-bond acceptors (Lipinski definition) is 5. The highest BCUT2D eigenvalue weighted by Crippen LogP contribution is 2.23. The molecular formula is C22H32ClN3O4S. The van der Waals surface area contributed by atoms with Crippen LogP contribution in [-0.4, -0.2) is 48.5 Å². The molecule has 9 heteroatoms. The van der Waals surface area contributed by atoms with E-state index in [0.29, 0.717) is 35.9 Å². The van der Waals surface area contributed by atoms with Gasteiger partial charge in [-0.25, -0.2) is 13.4 Å². The summed E-state index contributed by atoms with van der Waals surface area (Å²) in [5.41, 5.74) is 1.17. The van der Waals surface area contributed by atoms with Crippen LogP contribution in [0.2, 0.25) is 5.02 Å². The number of imidazole rings is 1. The van der Waals surface area contributed by atoms with E-state index in [1.165, 1.54) is 6.20 Å². The minimum atomic E-state index is -3.76. The summed E-state index contributed by atoms with van der Waals surface area (Å²) in [6.45, 7) is 8.80. The van der Waals surface area contributed by atoms with Gasteiger partial charge in [0.05, 0.1) is 30.8 Å². The van der Waals surface area contributed by atoms with Crippen molar-refractivity contribution in [3.63, 3.8) is 0 Å². The third-order valence-electron chi connectivity index (χ3n) is 4.86. The number of halogens is 1. The molecule has 172 valence electrons. The predicted molar refractivity (Wildman–Crippen MR) is 122 cm³/mol. The van der Waals surface area contributed by atoms with Crippen LogP contribution in [0.3, 0.4) is 0 Å². The number of sulfone groups is 1. The summed E-state index contributed by atoms with van der Waals surface area (Å²) in [5, 5.41) is 0.353. The average Bonchev–Trinajstić information content (AvgIpc) is 3.08. The van der Waals surface area contributed by atoms with Crippen molar-refractivity contribution >= 4 is 27.3 Å². The Labute approximate surface area is 190 Å². The van der Waals surface area contributed by atoms with Crippen LogP contribution in [0, 0.1) is 5.92 Å². The first-order valence-electron chi connectivity index (χ1n) is 10.4. The minimum absolute atomic E-state index is 0.0276. The molecule has 0 aliphatic rings. The Balaban J connectivity index is 2.40. The molecule has 0 aliphatic heterocycles. The third-order valence-corrected chi connectivity index (χ3v) is 6.80.